The molecule has 1 radical (unpaired) electrons. The fourth-order valence-electron chi connectivity index (χ4n) is 3.41. The lowest BCUT2D eigenvalue weighted by atomic mass is 9.41. The predicted octanol–water partition coefficient (Wildman–Crippen LogP) is 4.95. The zero-order chi connectivity index (χ0) is 12.3. The van der Waals surface area contributed by atoms with Crippen molar-refractivity contribution < 1.29 is 0 Å². The first-order chi connectivity index (χ1) is 6.36. The summed E-state index contributed by atoms with van der Waals surface area (Å²) in [6, 6.07) is 0. The van der Waals surface area contributed by atoms with Gasteiger partial charge in [0.1, 0.15) is 0 Å². The molecule has 0 aromatic heterocycles. The van der Waals surface area contributed by atoms with E-state index in [-0.39, 0.29) is 0 Å². The van der Waals surface area contributed by atoms with Crippen LogP contribution in [-0.2, 0) is 0 Å². The van der Waals surface area contributed by atoms with Crippen molar-refractivity contribution in [2.45, 2.75) is 61.8 Å². The van der Waals surface area contributed by atoms with E-state index in [4.69, 9.17) is 0 Å². The van der Waals surface area contributed by atoms with Crippen molar-refractivity contribution in [3.8, 4) is 0 Å². The topological polar surface area (TPSA) is 0 Å². The monoisotopic (exact) mass is 209 g/mol. The molecule has 0 atom stereocenters. The van der Waals surface area contributed by atoms with Crippen molar-refractivity contribution in [2.75, 3.05) is 0 Å². The molecule has 0 bridgehead atoms. The lowest BCUT2D eigenvalue weighted by molar-refractivity contribution is -0.140. The van der Waals surface area contributed by atoms with Crippen molar-refractivity contribution >= 4 is 0 Å². The van der Waals surface area contributed by atoms with Gasteiger partial charge in [-0.1, -0.05) is 55.4 Å². The van der Waals surface area contributed by atoms with Crippen LogP contribution in [0.25, 0.3) is 0 Å². The Morgan fingerprint density at radius 3 is 1.27 bits per heavy atom. The summed E-state index contributed by atoms with van der Waals surface area (Å²) in [4.78, 5) is 0. The van der Waals surface area contributed by atoms with Gasteiger partial charge in [0, 0.05) is 0 Å². The highest BCUT2D eigenvalue weighted by molar-refractivity contribution is 5.09. The molecule has 0 amide bonds. The van der Waals surface area contributed by atoms with Gasteiger partial charge in [0.05, 0.1) is 0 Å². The van der Waals surface area contributed by atoms with Crippen LogP contribution in [0.1, 0.15) is 61.8 Å². The van der Waals surface area contributed by atoms with Crippen molar-refractivity contribution in [1.29, 1.82) is 0 Å². The minimum Gasteiger partial charge on any atom is -0.0594 e. The van der Waals surface area contributed by atoms with Crippen LogP contribution in [0.2, 0.25) is 0 Å². The Hall–Kier alpha value is 0. The third-order valence-electron chi connectivity index (χ3n) is 6.11. The van der Waals surface area contributed by atoms with Crippen molar-refractivity contribution in [2.24, 2.45) is 27.6 Å². The summed E-state index contributed by atoms with van der Waals surface area (Å²) in [5.41, 5.74) is 1.37. The fraction of sp³-hybridized carbons (Fsp3) is 0.933. The van der Waals surface area contributed by atoms with Gasteiger partial charge in [-0.15, -0.1) is 0 Å². The predicted molar refractivity (Wildman–Crippen MR) is 68.6 cm³/mol. The van der Waals surface area contributed by atoms with Gasteiger partial charge < -0.3 is 0 Å². The molecule has 1 saturated carbocycles. The Morgan fingerprint density at radius 2 is 1.00 bits per heavy atom. The molecule has 1 aliphatic rings. The van der Waals surface area contributed by atoms with E-state index in [1.165, 1.54) is 6.42 Å². The lowest BCUT2D eigenvalue weighted by Gasteiger charge is -2.64. The molecule has 15 heavy (non-hydrogen) atoms. The SMILES string of the molecule is [CH2]C1C(C)(C)C(C)(C)CC(C)(C)C1(C)C. The molecule has 0 aliphatic heterocycles. The largest absolute Gasteiger partial charge is 0.0594 e. The van der Waals surface area contributed by atoms with Crippen LogP contribution >= 0.6 is 0 Å². The number of rotatable bonds is 0. The van der Waals surface area contributed by atoms with Crippen LogP contribution in [0.4, 0.5) is 0 Å². The highest BCUT2D eigenvalue weighted by atomic mass is 14.6. The molecule has 0 nitrogen and oxygen atoms in total. The zero-order valence-electron chi connectivity index (χ0n) is 12.0. The molecule has 0 saturated heterocycles. The highest BCUT2D eigenvalue weighted by Crippen LogP contribution is 2.65. The summed E-state index contributed by atoms with van der Waals surface area (Å²) in [6.07, 6.45) is 1.28. The van der Waals surface area contributed by atoms with Gasteiger partial charge in [-0.25, -0.2) is 0 Å². The van der Waals surface area contributed by atoms with Crippen molar-refractivity contribution in [3.63, 3.8) is 0 Å². The molecule has 0 aromatic carbocycles. The zero-order valence-corrected chi connectivity index (χ0v) is 12.0. The summed E-state index contributed by atoms with van der Waals surface area (Å²) in [5.74, 6) is 0.503. The third kappa shape index (κ3) is 1.56. The molecule has 1 aliphatic carbocycles. The summed E-state index contributed by atoms with van der Waals surface area (Å²) >= 11 is 0. The molecular formula is C15H29. The first-order valence-electron chi connectivity index (χ1n) is 6.19. The van der Waals surface area contributed by atoms with E-state index in [1.54, 1.807) is 0 Å². The Balaban J connectivity index is 3.24. The molecule has 1 rings (SSSR count). The van der Waals surface area contributed by atoms with E-state index >= 15 is 0 Å². The second kappa shape index (κ2) is 3.02. The summed E-state index contributed by atoms with van der Waals surface area (Å²) < 4.78 is 0. The Bertz CT molecular complexity index is 227. The van der Waals surface area contributed by atoms with Crippen LogP contribution in [0, 0.1) is 34.5 Å². The van der Waals surface area contributed by atoms with E-state index in [2.05, 4.69) is 62.3 Å². The van der Waals surface area contributed by atoms with Crippen LogP contribution < -0.4 is 0 Å². The number of hydrogen-bond donors (Lipinski definition) is 0. The number of hydrogen-bond acceptors (Lipinski definition) is 0. The maximum Gasteiger partial charge on any atom is -0.0269 e. The molecular weight excluding hydrogens is 180 g/mol. The van der Waals surface area contributed by atoms with E-state index in [0.29, 0.717) is 27.6 Å². The van der Waals surface area contributed by atoms with Crippen molar-refractivity contribution in [3.05, 3.63) is 6.92 Å². The molecule has 0 unspecified atom stereocenters. The molecule has 0 heteroatoms. The summed E-state index contributed by atoms with van der Waals surface area (Å²) in [5, 5.41) is 0. The van der Waals surface area contributed by atoms with Crippen LogP contribution in [-0.4, -0.2) is 0 Å². The summed E-state index contributed by atoms with van der Waals surface area (Å²) in [6.45, 7) is 23.7. The lowest BCUT2D eigenvalue weighted by Crippen LogP contribution is -2.57. The molecule has 1 fully saturated rings. The Kier molecular flexibility index (Phi) is 2.63. The maximum absolute atomic E-state index is 4.49. The summed E-state index contributed by atoms with van der Waals surface area (Å²) in [7, 11) is 0. The molecule has 0 N–H and O–H groups in total. The van der Waals surface area contributed by atoms with Gasteiger partial charge in [-0.05, 0) is 40.9 Å². The molecule has 0 heterocycles. The highest BCUT2D eigenvalue weighted by Gasteiger charge is 2.58. The normalized spacial score (nSPS) is 32.6. The first kappa shape index (κ1) is 13.1. The Morgan fingerprint density at radius 1 is 0.733 bits per heavy atom. The average molecular weight is 209 g/mol. The van der Waals surface area contributed by atoms with Crippen molar-refractivity contribution in [1.82, 2.24) is 0 Å². The first-order valence-corrected chi connectivity index (χ1v) is 6.19. The molecule has 0 aromatic rings. The smallest absolute Gasteiger partial charge is 0.0269 e. The third-order valence-corrected chi connectivity index (χ3v) is 6.11. The maximum atomic E-state index is 4.49. The van der Waals surface area contributed by atoms with Crippen LogP contribution in [0.15, 0.2) is 0 Å². The molecule has 89 valence electrons. The average Bonchev–Trinajstić information content (AvgIpc) is 1.98. The van der Waals surface area contributed by atoms with E-state index in [0.717, 1.165) is 0 Å². The second-order valence-corrected chi connectivity index (χ2v) is 7.94. The second-order valence-electron chi connectivity index (χ2n) is 7.94. The van der Waals surface area contributed by atoms with E-state index in [9.17, 15) is 0 Å². The van der Waals surface area contributed by atoms with Gasteiger partial charge in [-0.3, -0.25) is 0 Å². The minimum atomic E-state index is 0.312. The Labute approximate surface area is 96.8 Å². The fourth-order valence-corrected chi connectivity index (χ4v) is 3.41. The standard InChI is InChI=1S/C15H29/c1-11-14(6,7)12(2,3)10-13(4,5)15(11,8)9/h11H,1,10H2,2-9H3. The van der Waals surface area contributed by atoms with Gasteiger partial charge in [-0.2, -0.15) is 0 Å². The van der Waals surface area contributed by atoms with Gasteiger partial charge in [0.25, 0.3) is 0 Å². The minimum absolute atomic E-state index is 0.312. The van der Waals surface area contributed by atoms with Crippen LogP contribution in [0.5, 0.6) is 0 Å². The molecule has 0 spiro atoms. The van der Waals surface area contributed by atoms with E-state index < -0.39 is 0 Å². The van der Waals surface area contributed by atoms with Gasteiger partial charge in [0.15, 0.2) is 0 Å². The van der Waals surface area contributed by atoms with Gasteiger partial charge in [0.2, 0.25) is 0 Å². The van der Waals surface area contributed by atoms with Crippen LogP contribution in [0.3, 0.4) is 0 Å². The van der Waals surface area contributed by atoms with E-state index in [1.807, 2.05) is 0 Å². The van der Waals surface area contributed by atoms with Gasteiger partial charge >= 0.3 is 0 Å². The quantitative estimate of drug-likeness (QED) is 0.530.